The van der Waals surface area contributed by atoms with Gasteiger partial charge in [-0.2, -0.15) is 5.06 Å². The van der Waals surface area contributed by atoms with E-state index in [2.05, 4.69) is 32.7 Å². The molecule has 1 aromatic heterocycles. The predicted octanol–water partition coefficient (Wildman–Crippen LogP) is 7.23. The summed E-state index contributed by atoms with van der Waals surface area (Å²) in [5.74, 6) is -3.27. The average molecular weight is 677 g/mol. The van der Waals surface area contributed by atoms with Crippen molar-refractivity contribution >= 4 is 30.8 Å². The number of carbonyl (C=O) groups is 4. The molecule has 1 aromatic carbocycles. The highest BCUT2D eigenvalue weighted by Gasteiger charge is 2.54. The normalized spacial score (nSPS) is 23.6. The molecule has 1 fully saturated rings. The van der Waals surface area contributed by atoms with Crippen LogP contribution < -0.4 is 0 Å². The summed E-state index contributed by atoms with van der Waals surface area (Å²) in [6.45, 7) is 14.5. The first-order valence-corrected chi connectivity index (χ1v) is 18.1. The Balaban J connectivity index is 1.89. The maximum Gasteiger partial charge on any atom is 0.316 e. The van der Waals surface area contributed by atoms with E-state index in [4.69, 9.17) is 14.3 Å². The lowest BCUT2D eigenvalue weighted by molar-refractivity contribution is -0.315. The lowest BCUT2D eigenvalue weighted by atomic mass is 9.58. The van der Waals surface area contributed by atoms with Crippen molar-refractivity contribution in [3.63, 3.8) is 0 Å². The fraction of sp³-hybridized carbons (Fsp3) is 0.615. The number of pyridine rings is 1. The fourth-order valence-electron chi connectivity index (χ4n) is 6.95. The van der Waals surface area contributed by atoms with Crippen LogP contribution in [0.4, 0.5) is 0 Å². The second-order valence-electron chi connectivity index (χ2n) is 14.2. The standard InChI is InChI=1S/C39H57BN2O7/c1-9-12-22-48-36(45)31(23-27(4)29-16-14-13-15-17-29)33(43)24-32(37(46)47-8)40-26-35(30-18-20-41-21-19-30)49-42-38(6,10-2)25-34(44)28(5)39(42,7)11-3/h13-21,27-28,31-32,35,40H,9-12,22-26H2,1-8H3. The number of Topliss-reactive ketones (excluding diaryl/α,β-unsaturated/α-hetero) is 2. The molecular formula is C39H57BN2O7. The highest BCUT2D eigenvalue weighted by atomic mass is 16.7. The largest absolute Gasteiger partial charge is 0.469 e. The van der Waals surface area contributed by atoms with Crippen molar-refractivity contribution in [2.75, 3.05) is 13.7 Å². The van der Waals surface area contributed by atoms with E-state index in [-0.39, 0.29) is 50.1 Å². The molecule has 0 radical (unpaired) electrons. The smallest absolute Gasteiger partial charge is 0.316 e. The van der Waals surface area contributed by atoms with Gasteiger partial charge in [0.05, 0.1) is 30.9 Å². The van der Waals surface area contributed by atoms with Crippen LogP contribution in [-0.4, -0.2) is 65.6 Å². The predicted molar refractivity (Wildman–Crippen MR) is 192 cm³/mol. The van der Waals surface area contributed by atoms with Crippen LogP contribution in [0.25, 0.3) is 0 Å². The minimum absolute atomic E-state index is 0.0745. The molecule has 2 heterocycles. The topological polar surface area (TPSA) is 112 Å². The maximum atomic E-state index is 14.0. The number of esters is 2. The van der Waals surface area contributed by atoms with Gasteiger partial charge in [-0.1, -0.05) is 71.4 Å². The molecule has 3 rings (SSSR count). The van der Waals surface area contributed by atoms with Crippen LogP contribution in [0.15, 0.2) is 54.9 Å². The number of hydrogen-bond acceptors (Lipinski definition) is 9. The lowest BCUT2D eigenvalue weighted by Gasteiger charge is -2.56. The molecule has 0 spiro atoms. The summed E-state index contributed by atoms with van der Waals surface area (Å²) in [5, 5.41) is 2.04. The first-order valence-electron chi connectivity index (χ1n) is 18.1. The molecule has 268 valence electrons. The third-order valence-corrected chi connectivity index (χ3v) is 10.8. The highest BCUT2D eigenvalue weighted by Crippen LogP contribution is 2.46. The molecule has 10 heteroatoms. The molecule has 1 aliphatic heterocycles. The summed E-state index contributed by atoms with van der Waals surface area (Å²) in [6.07, 6.45) is 6.79. The summed E-state index contributed by atoms with van der Waals surface area (Å²) in [5.41, 5.74) is 0.818. The Labute approximate surface area is 294 Å². The molecule has 0 aliphatic carbocycles. The van der Waals surface area contributed by atoms with Crippen LogP contribution in [-0.2, 0) is 33.5 Å². The van der Waals surface area contributed by atoms with Gasteiger partial charge in [-0.05, 0) is 75.0 Å². The van der Waals surface area contributed by atoms with Gasteiger partial charge in [0.15, 0.2) is 0 Å². The lowest BCUT2D eigenvalue weighted by Crippen LogP contribution is -2.66. The Morgan fingerprint density at radius 1 is 1.00 bits per heavy atom. The monoisotopic (exact) mass is 676 g/mol. The summed E-state index contributed by atoms with van der Waals surface area (Å²) in [6, 6.07) is 13.5. The van der Waals surface area contributed by atoms with Crippen molar-refractivity contribution in [1.29, 1.82) is 0 Å². The van der Waals surface area contributed by atoms with Gasteiger partial charge < -0.3 is 9.47 Å². The van der Waals surface area contributed by atoms with Gasteiger partial charge in [0.2, 0.25) is 0 Å². The Bertz CT molecular complexity index is 1380. The number of nitrogens with zero attached hydrogens (tertiary/aromatic N) is 2. The van der Waals surface area contributed by atoms with Crippen molar-refractivity contribution in [3.05, 3.63) is 66.0 Å². The number of aromatic nitrogens is 1. The molecule has 49 heavy (non-hydrogen) atoms. The van der Waals surface area contributed by atoms with Crippen LogP contribution in [0, 0.1) is 11.8 Å². The number of hydroxylamine groups is 2. The zero-order chi connectivity index (χ0) is 36.2. The molecule has 0 bridgehead atoms. The molecule has 1 saturated heterocycles. The summed E-state index contributed by atoms with van der Waals surface area (Å²) < 4.78 is 10.7. The first kappa shape index (κ1) is 40.1. The van der Waals surface area contributed by atoms with Crippen molar-refractivity contribution in [1.82, 2.24) is 10.0 Å². The molecule has 0 N–H and O–H groups in total. The molecule has 7 unspecified atom stereocenters. The van der Waals surface area contributed by atoms with E-state index in [1.807, 2.05) is 68.3 Å². The Morgan fingerprint density at radius 2 is 1.67 bits per heavy atom. The van der Waals surface area contributed by atoms with Gasteiger partial charge in [-0.3, -0.25) is 29.0 Å². The molecule has 9 nitrogen and oxygen atoms in total. The van der Waals surface area contributed by atoms with E-state index in [9.17, 15) is 19.2 Å². The Hall–Kier alpha value is -3.37. The van der Waals surface area contributed by atoms with E-state index < -0.39 is 40.9 Å². The number of carbonyl (C=O) groups excluding carboxylic acids is 4. The van der Waals surface area contributed by atoms with E-state index in [1.54, 1.807) is 12.4 Å². The summed E-state index contributed by atoms with van der Waals surface area (Å²) in [7, 11) is 1.60. The van der Waals surface area contributed by atoms with Crippen molar-refractivity contribution in [2.45, 2.75) is 129 Å². The number of rotatable bonds is 19. The average Bonchev–Trinajstić information content (AvgIpc) is 3.12. The van der Waals surface area contributed by atoms with Gasteiger partial charge in [0.25, 0.3) is 0 Å². The number of methoxy groups -OCH3 is 1. The molecule has 7 atom stereocenters. The van der Waals surface area contributed by atoms with Crippen LogP contribution >= 0.6 is 0 Å². The molecule has 0 amide bonds. The van der Waals surface area contributed by atoms with E-state index in [0.717, 1.165) is 17.5 Å². The van der Waals surface area contributed by atoms with Gasteiger partial charge in [0.1, 0.15) is 24.8 Å². The SMILES string of the molecule is CCCCOC(=O)C(CC(C)c1ccccc1)C(=O)CC(BCC(ON1C(C)(CC)CC(=O)C(C)C1(C)CC)c1ccncc1)C(=O)OC. The van der Waals surface area contributed by atoms with Gasteiger partial charge in [-0.15, -0.1) is 0 Å². The van der Waals surface area contributed by atoms with Gasteiger partial charge in [-0.25, -0.2) is 0 Å². The number of unbranched alkanes of at least 4 members (excludes halogenated alkanes) is 1. The van der Waals surface area contributed by atoms with Crippen LogP contribution in [0.1, 0.15) is 117 Å². The zero-order valence-electron chi connectivity index (χ0n) is 30.9. The van der Waals surface area contributed by atoms with E-state index in [0.29, 0.717) is 32.0 Å². The number of hydrogen-bond donors (Lipinski definition) is 0. The minimum Gasteiger partial charge on any atom is -0.469 e. The highest BCUT2D eigenvalue weighted by molar-refractivity contribution is 6.44. The molecule has 0 saturated carbocycles. The van der Waals surface area contributed by atoms with Gasteiger partial charge >= 0.3 is 11.9 Å². The number of ether oxygens (including phenoxy) is 2. The molecule has 2 aromatic rings. The summed E-state index contributed by atoms with van der Waals surface area (Å²) in [4.78, 5) is 64.9. The minimum atomic E-state index is -1.01. The van der Waals surface area contributed by atoms with E-state index in [1.165, 1.54) is 7.11 Å². The number of piperidine rings is 1. The van der Waals surface area contributed by atoms with Gasteiger partial charge in [0, 0.05) is 37.0 Å². The van der Waals surface area contributed by atoms with Crippen LogP contribution in [0.2, 0.25) is 12.1 Å². The van der Waals surface area contributed by atoms with E-state index >= 15 is 0 Å². The summed E-state index contributed by atoms with van der Waals surface area (Å²) >= 11 is 0. The quantitative estimate of drug-likeness (QED) is 0.0658. The van der Waals surface area contributed by atoms with Crippen molar-refractivity contribution in [3.8, 4) is 0 Å². The first-order chi connectivity index (χ1) is 23.3. The van der Waals surface area contributed by atoms with Crippen molar-refractivity contribution in [2.24, 2.45) is 11.8 Å². The maximum absolute atomic E-state index is 14.0. The van der Waals surface area contributed by atoms with Crippen molar-refractivity contribution < 1.29 is 33.5 Å². The molecule has 1 aliphatic rings. The van der Waals surface area contributed by atoms with Crippen LogP contribution in [0.5, 0.6) is 0 Å². The fourth-order valence-corrected chi connectivity index (χ4v) is 6.95. The Kier molecular flexibility index (Phi) is 15.2. The third-order valence-electron chi connectivity index (χ3n) is 10.8. The Morgan fingerprint density at radius 3 is 2.27 bits per heavy atom. The zero-order valence-corrected chi connectivity index (χ0v) is 30.9. The second-order valence-corrected chi connectivity index (χ2v) is 14.2. The van der Waals surface area contributed by atoms with Crippen LogP contribution in [0.3, 0.4) is 0 Å². The number of benzene rings is 1. The second kappa shape index (κ2) is 18.6. The number of ketones is 2. The molecular weight excluding hydrogens is 619 g/mol. The third kappa shape index (κ3) is 10.1.